The van der Waals surface area contributed by atoms with E-state index in [0.29, 0.717) is 6.61 Å². The number of nitrogens with zero attached hydrogens (tertiary/aromatic N) is 2. The van der Waals surface area contributed by atoms with Gasteiger partial charge >= 0.3 is 0 Å². The van der Waals surface area contributed by atoms with Crippen molar-refractivity contribution < 1.29 is 4.74 Å². The second kappa shape index (κ2) is 7.59. The van der Waals surface area contributed by atoms with Crippen LogP contribution in [-0.4, -0.2) is 29.7 Å². The molecule has 1 heterocycles. The Hall–Kier alpha value is -0.680. The minimum atomic E-state index is 0.705. The molecular formula is C10H16BrN3O. The Kier molecular flexibility index (Phi) is 6.27. The zero-order valence-corrected chi connectivity index (χ0v) is 10.5. The average Bonchev–Trinajstić information content (AvgIpc) is 2.25. The van der Waals surface area contributed by atoms with Crippen LogP contribution in [0.1, 0.15) is 19.8 Å². The molecule has 0 atom stereocenters. The Morgan fingerprint density at radius 1 is 1.47 bits per heavy atom. The molecule has 0 amide bonds. The van der Waals surface area contributed by atoms with Gasteiger partial charge in [-0.1, -0.05) is 13.3 Å². The smallest absolute Gasteiger partial charge is 0.143 e. The van der Waals surface area contributed by atoms with Crippen LogP contribution in [0, 0.1) is 0 Å². The van der Waals surface area contributed by atoms with Gasteiger partial charge in [-0.05, 0) is 22.4 Å². The van der Waals surface area contributed by atoms with Gasteiger partial charge in [-0.25, -0.2) is 9.97 Å². The zero-order valence-electron chi connectivity index (χ0n) is 8.87. The third-order valence-electron chi connectivity index (χ3n) is 1.85. The number of ether oxygens (including phenoxy) is 1. The standard InChI is InChI=1S/C10H16BrN3O/c1-2-3-5-15-6-4-13-10-9(11)7-12-8-14-10/h7-8H,2-6H2,1H3,(H,12,13,14). The lowest BCUT2D eigenvalue weighted by atomic mass is 10.4. The second-order valence-electron chi connectivity index (χ2n) is 3.11. The zero-order chi connectivity index (χ0) is 10.9. The van der Waals surface area contributed by atoms with Crippen LogP contribution in [0.3, 0.4) is 0 Å². The summed E-state index contributed by atoms with van der Waals surface area (Å²) in [7, 11) is 0. The van der Waals surface area contributed by atoms with E-state index < -0.39 is 0 Å². The van der Waals surface area contributed by atoms with Gasteiger partial charge in [0.25, 0.3) is 0 Å². The number of hydrogen-bond donors (Lipinski definition) is 1. The first-order valence-electron chi connectivity index (χ1n) is 5.11. The Morgan fingerprint density at radius 2 is 2.33 bits per heavy atom. The molecule has 0 aliphatic rings. The first kappa shape index (κ1) is 12.4. The molecule has 0 radical (unpaired) electrons. The molecule has 5 heteroatoms. The molecule has 0 bridgehead atoms. The fourth-order valence-corrected chi connectivity index (χ4v) is 1.39. The van der Waals surface area contributed by atoms with Gasteiger partial charge in [0.15, 0.2) is 0 Å². The maximum atomic E-state index is 5.41. The molecule has 0 saturated carbocycles. The van der Waals surface area contributed by atoms with Crippen molar-refractivity contribution in [3.8, 4) is 0 Å². The molecule has 4 nitrogen and oxygen atoms in total. The van der Waals surface area contributed by atoms with Gasteiger partial charge in [0.1, 0.15) is 12.1 Å². The summed E-state index contributed by atoms with van der Waals surface area (Å²) >= 11 is 3.36. The topological polar surface area (TPSA) is 47.0 Å². The Bertz CT molecular complexity index is 283. The molecule has 0 fully saturated rings. The first-order valence-corrected chi connectivity index (χ1v) is 5.91. The Labute approximate surface area is 98.6 Å². The molecule has 0 aliphatic carbocycles. The summed E-state index contributed by atoms with van der Waals surface area (Å²) in [4.78, 5) is 7.97. The summed E-state index contributed by atoms with van der Waals surface area (Å²) in [5.41, 5.74) is 0. The van der Waals surface area contributed by atoms with E-state index in [1.54, 1.807) is 6.20 Å². The molecule has 1 aromatic rings. The van der Waals surface area contributed by atoms with Crippen molar-refractivity contribution in [2.45, 2.75) is 19.8 Å². The first-order chi connectivity index (χ1) is 7.34. The lowest BCUT2D eigenvalue weighted by molar-refractivity contribution is 0.141. The largest absolute Gasteiger partial charge is 0.380 e. The van der Waals surface area contributed by atoms with Crippen LogP contribution < -0.4 is 5.32 Å². The Balaban J connectivity index is 2.12. The second-order valence-corrected chi connectivity index (χ2v) is 3.97. The lowest BCUT2D eigenvalue weighted by Crippen LogP contribution is -2.11. The van der Waals surface area contributed by atoms with E-state index in [2.05, 4.69) is 38.1 Å². The third kappa shape index (κ3) is 5.09. The number of hydrogen-bond acceptors (Lipinski definition) is 4. The number of unbranched alkanes of at least 4 members (excludes halogenated alkanes) is 1. The minimum Gasteiger partial charge on any atom is -0.380 e. The van der Waals surface area contributed by atoms with Gasteiger partial charge in [0.2, 0.25) is 0 Å². The van der Waals surface area contributed by atoms with Crippen LogP contribution in [0.4, 0.5) is 5.82 Å². The van der Waals surface area contributed by atoms with Gasteiger partial charge in [-0.15, -0.1) is 0 Å². The number of anilines is 1. The van der Waals surface area contributed by atoms with Crippen LogP contribution in [0.15, 0.2) is 17.0 Å². The summed E-state index contributed by atoms with van der Waals surface area (Å²) in [6, 6.07) is 0. The molecule has 0 saturated heterocycles. The summed E-state index contributed by atoms with van der Waals surface area (Å²) in [6.45, 7) is 4.46. The van der Waals surface area contributed by atoms with Crippen LogP contribution in [0.25, 0.3) is 0 Å². The maximum Gasteiger partial charge on any atom is 0.143 e. The SMILES string of the molecule is CCCCOCCNc1ncncc1Br. The summed E-state index contributed by atoms with van der Waals surface area (Å²) in [5.74, 6) is 0.809. The monoisotopic (exact) mass is 273 g/mol. The van der Waals surface area contributed by atoms with E-state index in [4.69, 9.17) is 4.74 Å². The molecule has 0 unspecified atom stereocenters. The highest BCUT2D eigenvalue weighted by Crippen LogP contribution is 2.16. The highest BCUT2D eigenvalue weighted by atomic mass is 79.9. The molecule has 0 spiro atoms. The van der Waals surface area contributed by atoms with E-state index >= 15 is 0 Å². The van der Waals surface area contributed by atoms with Crippen LogP contribution in [0.2, 0.25) is 0 Å². The quantitative estimate of drug-likeness (QED) is 0.776. The minimum absolute atomic E-state index is 0.705. The van der Waals surface area contributed by atoms with Gasteiger partial charge in [0.05, 0.1) is 11.1 Å². The summed E-state index contributed by atoms with van der Waals surface area (Å²) in [6.07, 6.45) is 5.53. The highest BCUT2D eigenvalue weighted by Gasteiger charge is 1.98. The van der Waals surface area contributed by atoms with E-state index in [9.17, 15) is 0 Å². The average molecular weight is 274 g/mol. The molecule has 84 valence electrons. The fourth-order valence-electron chi connectivity index (χ4n) is 1.03. The fraction of sp³-hybridized carbons (Fsp3) is 0.600. The number of nitrogens with one attached hydrogen (secondary N) is 1. The number of aromatic nitrogens is 2. The summed E-state index contributed by atoms with van der Waals surface area (Å²) < 4.78 is 6.29. The lowest BCUT2D eigenvalue weighted by Gasteiger charge is -2.07. The molecule has 0 aromatic carbocycles. The van der Waals surface area contributed by atoms with E-state index in [1.807, 2.05) is 0 Å². The maximum absolute atomic E-state index is 5.41. The van der Waals surface area contributed by atoms with Crippen LogP contribution in [-0.2, 0) is 4.74 Å². The van der Waals surface area contributed by atoms with Crippen molar-refractivity contribution in [1.29, 1.82) is 0 Å². The van der Waals surface area contributed by atoms with E-state index in [0.717, 1.165) is 29.9 Å². The van der Waals surface area contributed by atoms with E-state index in [1.165, 1.54) is 12.7 Å². The molecule has 15 heavy (non-hydrogen) atoms. The van der Waals surface area contributed by atoms with Crippen LogP contribution >= 0.6 is 15.9 Å². The van der Waals surface area contributed by atoms with Crippen LogP contribution in [0.5, 0.6) is 0 Å². The molecule has 1 aromatic heterocycles. The van der Waals surface area contributed by atoms with Gasteiger partial charge in [-0.3, -0.25) is 0 Å². The predicted molar refractivity (Wildman–Crippen MR) is 63.9 cm³/mol. The number of rotatable bonds is 7. The number of halogens is 1. The predicted octanol–water partition coefficient (Wildman–Crippen LogP) is 2.47. The van der Waals surface area contributed by atoms with Crippen molar-refractivity contribution >= 4 is 21.7 Å². The summed E-state index contributed by atoms with van der Waals surface area (Å²) in [5, 5.41) is 3.17. The van der Waals surface area contributed by atoms with Crippen molar-refractivity contribution in [2.24, 2.45) is 0 Å². The molecule has 0 aliphatic heterocycles. The van der Waals surface area contributed by atoms with Gasteiger partial charge in [0, 0.05) is 19.3 Å². The van der Waals surface area contributed by atoms with Crippen molar-refractivity contribution in [2.75, 3.05) is 25.1 Å². The normalized spacial score (nSPS) is 10.3. The van der Waals surface area contributed by atoms with Crippen molar-refractivity contribution in [3.05, 3.63) is 17.0 Å². The highest BCUT2D eigenvalue weighted by molar-refractivity contribution is 9.10. The van der Waals surface area contributed by atoms with Gasteiger partial charge in [-0.2, -0.15) is 0 Å². The van der Waals surface area contributed by atoms with Crippen molar-refractivity contribution in [1.82, 2.24) is 9.97 Å². The van der Waals surface area contributed by atoms with Crippen molar-refractivity contribution in [3.63, 3.8) is 0 Å². The molecular weight excluding hydrogens is 258 g/mol. The van der Waals surface area contributed by atoms with E-state index in [-0.39, 0.29) is 0 Å². The third-order valence-corrected chi connectivity index (χ3v) is 2.43. The molecule has 1 N–H and O–H groups in total. The Morgan fingerprint density at radius 3 is 3.07 bits per heavy atom. The van der Waals surface area contributed by atoms with Gasteiger partial charge < -0.3 is 10.1 Å². The molecule has 1 rings (SSSR count).